The van der Waals surface area contributed by atoms with Crippen LogP contribution >= 0.6 is 11.3 Å². The molecule has 3 aromatic rings. The molecule has 2 N–H and O–H groups in total. The Balaban J connectivity index is 1.10. The standard InChI is InChI=1S/C30H35FN4O4S/c1-2-38-25-8-4-3-6-21(25)18-35-15-14-20(17-35)16-32-29(37)24-7-5-9-26-28(24)34-30(40-26)33-27(36)19-39-23-12-10-22(31)11-13-23/h3-4,6,8,10-13,20,24H,2,5,7,9,14-19H2,1H3,(H,32,37)(H,33,34,36). The number of hydrogen-bond donors (Lipinski definition) is 2. The third-order valence-corrected chi connectivity index (χ3v) is 8.35. The molecule has 212 valence electrons. The number of halogens is 1. The summed E-state index contributed by atoms with van der Waals surface area (Å²) >= 11 is 1.41. The first-order chi connectivity index (χ1) is 19.5. The van der Waals surface area contributed by atoms with Crippen molar-refractivity contribution in [1.29, 1.82) is 0 Å². The van der Waals surface area contributed by atoms with Gasteiger partial charge in [-0.1, -0.05) is 18.2 Å². The van der Waals surface area contributed by atoms with Gasteiger partial charge in [0.2, 0.25) is 5.91 Å². The number of aryl methyl sites for hydroxylation is 1. The number of hydrogen-bond acceptors (Lipinski definition) is 7. The second kappa shape index (κ2) is 13.2. The van der Waals surface area contributed by atoms with Crippen molar-refractivity contribution < 1.29 is 23.5 Å². The van der Waals surface area contributed by atoms with Crippen LogP contribution in [0.4, 0.5) is 9.52 Å². The molecule has 40 heavy (non-hydrogen) atoms. The van der Waals surface area contributed by atoms with Gasteiger partial charge in [0.1, 0.15) is 17.3 Å². The molecule has 1 aliphatic heterocycles. The Hall–Kier alpha value is -3.50. The van der Waals surface area contributed by atoms with Crippen molar-refractivity contribution in [1.82, 2.24) is 15.2 Å². The lowest BCUT2D eigenvalue weighted by Crippen LogP contribution is -2.35. The highest BCUT2D eigenvalue weighted by atomic mass is 32.1. The number of fused-ring (bicyclic) bond motifs is 1. The monoisotopic (exact) mass is 566 g/mol. The van der Waals surface area contributed by atoms with Crippen LogP contribution in [0.25, 0.3) is 0 Å². The largest absolute Gasteiger partial charge is 0.494 e. The highest BCUT2D eigenvalue weighted by molar-refractivity contribution is 7.15. The van der Waals surface area contributed by atoms with E-state index in [0.717, 1.165) is 61.6 Å². The van der Waals surface area contributed by atoms with Gasteiger partial charge in [-0.2, -0.15) is 0 Å². The topological polar surface area (TPSA) is 92.8 Å². The molecular weight excluding hydrogens is 531 g/mol. The molecule has 0 radical (unpaired) electrons. The van der Waals surface area contributed by atoms with E-state index < -0.39 is 0 Å². The van der Waals surface area contributed by atoms with Gasteiger partial charge < -0.3 is 14.8 Å². The summed E-state index contributed by atoms with van der Waals surface area (Å²) in [6.45, 7) is 5.84. The van der Waals surface area contributed by atoms with E-state index in [1.165, 1.54) is 41.2 Å². The number of aromatic nitrogens is 1. The highest BCUT2D eigenvalue weighted by Gasteiger charge is 2.31. The summed E-state index contributed by atoms with van der Waals surface area (Å²) in [7, 11) is 0. The van der Waals surface area contributed by atoms with Gasteiger partial charge in [0.15, 0.2) is 11.7 Å². The van der Waals surface area contributed by atoms with Gasteiger partial charge in [-0.05, 0) is 75.4 Å². The Kier molecular flexibility index (Phi) is 9.28. The molecule has 0 bridgehead atoms. The maximum Gasteiger partial charge on any atom is 0.264 e. The van der Waals surface area contributed by atoms with Crippen LogP contribution in [0.2, 0.25) is 0 Å². The van der Waals surface area contributed by atoms with Crippen molar-refractivity contribution in [2.45, 2.75) is 45.1 Å². The Morgan fingerprint density at radius 2 is 1.95 bits per heavy atom. The molecule has 8 nitrogen and oxygen atoms in total. The molecule has 0 spiro atoms. The van der Waals surface area contributed by atoms with Crippen LogP contribution in [0.5, 0.6) is 11.5 Å². The molecule has 2 heterocycles. The van der Waals surface area contributed by atoms with Crippen LogP contribution in [0.1, 0.15) is 48.2 Å². The number of anilines is 1. The molecule has 1 aliphatic carbocycles. The molecule has 1 fully saturated rings. The molecule has 0 saturated carbocycles. The van der Waals surface area contributed by atoms with Crippen molar-refractivity contribution in [3.05, 3.63) is 70.5 Å². The zero-order chi connectivity index (χ0) is 27.9. The predicted molar refractivity (Wildman–Crippen MR) is 152 cm³/mol. The Labute approximate surface area is 237 Å². The molecule has 5 rings (SSSR count). The van der Waals surface area contributed by atoms with E-state index >= 15 is 0 Å². The van der Waals surface area contributed by atoms with E-state index in [9.17, 15) is 14.0 Å². The third-order valence-electron chi connectivity index (χ3n) is 7.30. The maximum absolute atomic E-state index is 13.2. The first-order valence-corrected chi connectivity index (χ1v) is 14.7. The zero-order valence-corrected chi connectivity index (χ0v) is 23.5. The first kappa shape index (κ1) is 28.0. The van der Waals surface area contributed by atoms with Crippen molar-refractivity contribution in [3.63, 3.8) is 0 Å². The number of likely N-dealkylation sites (tertiary alicyclic amines) is 1. The second-order valence-corrected chi connectivity index (χ2v) is 11.3. The lowest BCUT2D eigenvalue weighted by molar-refractivity contribution is -0.123. The van der Waals surface area contributed by atoms with E-state index in [1.807, 2.05) is 25.1 Å². The number of ether oxygens (including phenoxy) is 2. The maximum atomic E-state index is 13.2. The van der Waals surface area contributed by atoms with Crippen molar-refractivity contribution in [2.75, 3.05) is 38.2 Å². The zero-order valence-electron chi connectivity index (χ0n) is 22.7. The average Bonchev–Trinajstić information content (AvgIpc) is 3.58. The Morgan fingerprint density at radius 1 is 1.12 bits per heavy atom. The fraction of sp³-hybridized carbons (Fsp3) is 0.433. The summed E-state index contributed by atoms with van der Waals surface area (Å²) in [6, 6.07) is 13.7. The average molecular weight is 567 g/mol. The number of thiazole rings is 1. The minimum Gasteiger partial charge on any atom is -0.494 e. The van der Waals surface area contributed by atoms with Gasteiger partial charge in [0, 0.05) is 30.1 Å². The number of rotatable bonds is 11. The number of benzene rings is 2. The van der Waals surface area contributed by atoms with Crippen molar-refractivity contribution in [2.24, 2.45) is 5.92 Å². The van der Waals surface area contributed by atoms with Gasteiger partial charge in [0.05, 0.1) is 18.2 Å². The minimum atomic E-state index is -0.367. The summed E-state index contributed by atoms with van der Waals surface area (Å²) < 4.78 is 24.2. The molecule has 1 aromatic heterocycles. The van der Waals surface area contributed by atoms with Crippen LogP contribution in [0.15, 0.2) is 48.5 Å². The third kappa shape index (κ3) is 7.17. The first-order valence-electron chi connectivity index (χ1n) is 13.9. The summed E-state index contributed by atoms with van der Waals surface area (Å²) in [5.74, 6) is 0.722. The summed E-state index contributed by atoms with van der Waals surface area (Å²) in [5.41, 5.74) is 1.96. The predicted octanol–water partition coefficient (Wildman–Crippen LogP) is 4.76. The summed E-state index contributed by atoms with van der Waals surface area (Å²) in [6.07, 6.45) is 3.54. The lowest BCUT2D eigenvalue weighted by atomic mass is 9.90. The van der Waals surface area contributed by atoms with Gasteiger partial charge in [-0.15, -0.1) is 11.3 Å². The van der Waals surface area contributed by atoms with E-state index in [4.69, 9.17) is 9.47 Å². The van der Waals surface area contributed by atoms with Gasteiger partial charge in [-0.3, -0.25) is 19.8 Å². The van der Waals surface area contributed by atoms with Crippen LogP contribution in [0, 0.1) is 11.7 Å². The van der Waals surface area contributed by atoms with Gasteiger partial charge >= 0.3 is 0 Å². The number of carbonyl (C=O) groups is 2. The Morgan fingerprint density at radius 3 is 2.77 bits per heavy atom. The molecule has 2 unspecified atom stereocenters. The fourth-order valence-electron chi connectivity index (χ4n) is 5.33. The molecule has 2 atom stereocenters. The lowest BCUT2D eigenvalue weighted by Gasteiger charge is -2.22. The van der Waals surface area contributed by atoms with Crippen LogP contribution in [-0.2, 0) is 22.6 Å². The number of nitrogens with one attached hydrogen (secondary N) is 2. The molecule has 2 aromatic carbocycles. The van der Waals surface area contributed by atoms with Gasteiger partial charge in [-0.25, -0.2) is 9.37 Å². The smallest absolute Gasteiger partial charge is 0.264 e. The molecule has 1 saturated heterocycles. The summed E-state index contributed by atoms with van der Waals surface area (Å²) in [4.78, 5) is 33.7. The number of para-hydroxylation sites is 1. The molecule has 2 aliphatic rings. The van der Waals surface area contributed by atoms with E-state index in [0.29, 0.717) is 30.0 Å². The number of carbonyl (C=O) groups excluding carboxylic acids is 2. The number of amides is 2. The molecule has 2 amide bonds. The van der Waals surface area contributed by atoms with Crippen molar-refractivity contribution in [3.8, 4) is 11.5 Å². The minimum absolute atomic E-state index is 0.00362. The molecular formula is C30H35FN4O4S. The summed E-state index contributed by atoms with van der Waals surface area (Å²) in [5, 5.41) is 6.43. The SMILES string of the molecule is CCOc1ccccc1CN1CCC(CNC(=O)C2CCCc3sc(NC(=O)COc4ccc(F)cc4)nc32)C1. The van der Waals surface area contributed by atoms with E-state index in [2.05, 4.69) is 26.6 Å². The van der Waals surface area contributed by atoms with E-state index in [1.54, 1.807) is 0 Å². The Bertz CT molecular complexity index is 1320. The van der Waals surface area contributed by atoms with E-state index in [-0.39, 0.29) is 30.2 Å². The second-order valence-electron chi connectivity index (χ2n) is 10.2. The van der Waals surface area contributed by atoms with Gasteiger partial charge in [0.25, 0.3) is 5.91 Å². The number of nitrogens with zero attached hydrogens (tertiary/aromatic N) is 2. The van der Waals surface area contributed by atoms with Crippen LogP contribution in [-0.4, -0.2) is 54.5 Å². The fourth-order valence-corrected chi connectivity index (χ4v) is 6.41. The van der Waals surface area contributed by atoms with Crippen LogP contribution < -0.4 is 20.1 Å². The molecule has 10 heteroatoms. The quantitative estimate of drug-likeness (QED) is 0.348. The normalized spacial score (nSPS) is 18.6. The van der Waals surface area contributed by atoms with Crippen LogP contribution in [0.3, 0.4) is 0 Å². The van der Waals surface area contributed by atoms with Crippen molar-refractivity contribution >= 4 is 28.3 Å². The highest BCUT2D eigenvalue weighted by Crippen LogP contribution is 2.37.